The second-order valence-corrected chi connectivity index (χ2v) is 5.45. The van der Waals surface area contributed by atoms with Gasteiger partial charge in [0.2, 0.25) is 0 Å². The number of benzene rings is 1. The van der Waals surface area contributed by atoms with E-state index in [9.17, 15) is 4.79 Å². The van der Waals surface area contributed by atoms with Gasteiger partial charge in [-0.1, -0.05) is 41.4 Å². The monoisotopic (exact) mass is 282 g/mol. The molecule has 0 unspecified atom stereocenters. The Morgan fingerprint density at radius 2 is 1.88 bits per heavy atom. The number of hydrogen-bond acceptors (Lipinski definition) is 2. The van der Waals surface area contributed by atoms with Crippen molar-refractivity contribution in [3.05, 3.63) is 62.3 Å². The molecule has 0 N–H and O–H groups in total. The van der Waals surface area contributed by atoms with Gasteiger partial charge >= 0.3 is 0 Å². The van der Waals surface area contributed by atoms with Crippen LogP contribution in [0.25, 0.3) is 6.08 Å². The van der Waals surface area contributed by atoms with Gasteiger partial charge in [-0.05, 0) is 35.9 Å². The molecular weight excluding hydrogens is 275 g/mol. The van der Waals surface area contributed by atoms with Crippen LogP contribution in [0.15, 0.2) is 42.5 Å². The van der Waals surface area contributed by atoms with Gasteiger partial charge in [-0.15, -0.1) is 11.3 Å². The molecule has 1 aromatic heterocycles. The summed E-state index contributed by atoms with van der Waals surface area (Å²) in [7, 11) is 0. The molecule has 0 amide bonds. The smallest absolute Gasteiger partial charge is 0.195 e. The largest absolute Gasteiger partial charge is 0.288 e. The molecule has 0 aliphatic rings. The van der Waals surface area contributed by atoms with Gasteiger partial charge in [0.25, 0.3) is 0 Å². The van der Waals surface area contributed by atoms with E-state index in [1.165, 1.54) is 17.4 Å². The topological polar surface area (TPSA) is 17.1 Å². The van der Waals surface area contributed by atoms with E-state index in [-0.39, 0.29) is 5.78 Å². The van der Waals surface area contributed by atoms with Gasteiger partial charge in [-0.25, -0.2) is 0 Å². The number of halogens is 2. The van der Waals surface area contributed by atoms with Gasteiger partial charge in [0, 0.05) is 5.02 Å². The van der Waals surface area contributed by atoms with E-state index < -0.39 is 0 Å². The van der Waals surface area contributed by atoms with E-state index in [1.54, 1.807) is 24.3 Å². The Labute approximate surface area is 113 Å². The Hall–Kier alpha value is -1.09. The second kappa shape index (κ2) is 5.50. The van der Waals surface area contributed by atoms with Crippen LogP contribution in [0, 0.1) is 0 Å². The molecule has 0 fully saturated rings. The highest BCUT2D eigenvalue weighted by Crippen LogP contribution is 2.23. The van der Waals surface area contributed by atoms with E-state index >= 15 is 0 Å². The fourth-order valence-electron chi connectivity index (χ4n) is 1.30. The molecule has 0 saturated heterocycles. The van der Waals surface area contributed by atoms with Crippen LogP contribution >= 0.6 is 34.5 Å². The van der Waals surface area contributed by atoms with Crippen molar-refractivity contribution >= 4 is 46.4 Å². The van der Waals surface area contributed by atoms with Crippen molar-refractivity contribution in [1.29, 1.82) is 0 Å². The maximum Gasteiger partial charge on any atom is 0.195 e. The van der Waals surface area contributed by atoms with Crippen LogP contribution in [-0.2, 0) is 0 Å². The lowest BCUT2D eigenvalue weighted by atomic mass is 10.2. The first kappa shape index (κ1) is 12.4. The molecule has 0 bridgehead atoms. The first-order chi connectivity index (χ1) is 8.16. The first-order valence-electron chi connectivity index (χ1n) is 4.89. The average molecular weight is 283 g/mol. The minimum absolute atomic E-state index is 0.0678. The van der Waals surface area contributed by atoms with Crippen LogP contribution in [0.4, 0.5) is 0 Å². The van der Waals surface area contributed by atoms with Crippen LogP contribution in [0.5, 0.6) is 0 Å². The molecule has 0 spiro atoms. The molecule has 0 aliphatic heterocycles. The first-order valence-corrected chi connectivity index (χ1v) is 6.46. The van der Waals surface area contributed by atoms with Crippen molar-refractivity contribution in [2.24, 2.45) is 0 Å². The van der Waals surface area contributed by atoms with Crippen LogP contribution in [0.1, 0.15) is 15.2 Å². The van der Waals surface area contributed by atoms with Crippen molar-refractivity contribution in [3.8, 4) is 0 Å². The average Bonchev–Trinajstić information content (AvgIpc) is 2.74. The van der Waals surface area contributed by atoms with Crippen molar-refractivity contribution < 1.29 is 4.79 Å². The summed E-state index contributed by atoms with van der Waals surface area (Å²) in [5.41, 5.74) is 0.824. The lowest BCUT2D eigenvalue weighted by molar-refractivity contribution is 0.105. The Balaban J connectivity index is 2.17. The zero-order valence-corrected chi connectivity index (χ0v) is 11.0. The van der Waals surface area contributed by atoms with Gasteiger partial charge < -0.3 is 0 Å². The fourth-order valence-corrected chi connectivity index (χ4v) is 2.47. The summed E-state index contributed by atoms with van der Waals surface area (Å²) in [5, 5.41) is 0.626. The third-order valence-corrected chi connectivity index (χ3v) is 3.73. The van der Waals surface area contributed by atoms with E-state index in [1.807, 2.05) is 18.2 Å². The number of carbonyl (C=O) groups excluding carboxylic acids is 1. The van der Waals surface area contributed by atoms with E-state index in [2.05, 4.69) is 0 Å². The lowest BCUT2D eigenvalue weighted by Gasteiger charge is -1.95. The third kappa shape index (κ3) is 3.19. The summed E-state index contributed by atoms with van der Waals surface area (Å²) in [4.78, 5) is 12.4. The van der Waals surface area contributed by atoms with Crippen molar-refractivity contribution in [1.82, 2.24) is 0 Å². The summed E-state index contributed by atoms with van der Waals surface area (Å²) in [5.74, 6) is -0.0678. The summed E-state index contributed by atoms with van der Waals surface area (Å²) in [6.07, 6.45) is 3.21. The molecule has 4 heteroatoms. The fraction of sp³-hybridized carbons (Fsp3) is 0. The predicted molar refractivity (Wildman–Crippen MR) is 74.1 cm³/mol. The van der Waals surface area contributed by atoms with Crippen molar-refractivity contribution in [2.75, 3.05) is 0 Å². The zero-order chi connectivity index (χ0) is 12.3. The van der Waals surface area contributed by atoms with Crippen molar-refractivity contribution in [2.45, 2.75) is 0 Å². The molecule has 86 valence electrons. The molecule has 1 heterocycles. The summed E-state index contributed by atoms with van der Waals surface area (Å²) in [6.45, 7) is 0. The van der Waals surface area contributed by atoms with Crippen LogP contribution < -0.4 is 0 Å². The quantitative estimate of drug-likeness (QED) is 0.575. The molecule has 2 aromatic rings. The Morgan fingerprint density at radius 3 is 2.53 bits per heavy atom. The Bertz CT molecular complexity index is 572. The van der Waals surface area contributed by atoms with Crippen LogP contribution in [0.3, 0.4) is 0 Å². The maximum atomic E-state index is 11.8. The normalized spacial score (nSPS) is 10.9. The Morgan fingerprint density at radius 1 is 1.12 bits per heavy atom. The molecular formula is C13H8Cl2OS. The molecule has 0 saturated carbocycles. The van der Waals surface area contributed by atoms with E-state index in [4.69, 9.17) is 23.2 Å². The number of thiophene rings is 1. The highest BCUT2D eigenvalue weighted by Gasteiger charge is 2.05. The SMILES string of the molecule is O=C(/C=C/c1ccccc1Cl)c1ccc(Cl)s1. The van der Waals surface area contributed by atoms with Gasteiger partial charge in [-0.2, -0.15) is 0 Å². The Kier molecular flexibility index (Phi) is 4.00. The maximum absolute atomic E-state index is 11.8. The van der Waals surface area contributed by atoms with Crippen LogP contribution in [0.2, 0.25) is 9.36 Å². The summed E-state index contributed by atoms with van der Waals surface area (Å²) < 4.78 is 0.611. The van der Waals surface area contributed by atoms with E-state index in [0.29, 0.717) is 14.2 Å². The molecule has 1 aromatic carbocycles. The van der Waals surface area contributed by atoms with Gasteiger partial charge in [0.15, 0.2) is 5.78 Å². The standard InChI is InChI=1S/C13H8Cl2OS/c14-10-4-2-1-3-9(10)5-6-11(16)12-7-8-13(15)17-12/h1-8H/b6-5+. The highest BCUT2D eigenvalue weighted by atomic mass is 35.5. The molecule has 0 aliphatic carbocycles. The number of carbonyl (C=O) groups is 1. The zero-order valence-electron chi connectivity index (χ0n) is 8.69. The van der Waals surface area contributed by atoms with Gasteiger partial charge in [-0.3, -0.25) is 4.79 Å². The number of hydrogen-bond donors (Lipinski definition) is 0. The number of allylic oxidation sites excluding steroid dienone is 1. The molecule has 17 heavy (non-hydrogen) atoms. The minimum Gasteiger partial charge on any atom is -0.288 e. The number of rotatable bonds is 3. The molecule has 2 rings (SSSR count). The summed E-state index contributed by atoms with van der Waals surface area (Å²) >= 11 is 13.0. The predicted octanol–water partition coefficient (Wildman–Crippen LogP) is 4.95. The highest BCUT2D eigenvalue weighted by molar-refractivity contribution is 7.18. The van der Waals surface area contributed by atoms with Crippen molar-refractivity contribution in [3.63, 3.8) is 0 Å². The number of ketones is 1. The second-order valence-electron chi connectivity index (χ2n) is 3.32. The van der Waals surface area contributed by atoms with Gasteiger partial charge in [0.05, 0.1) is 9.21 Å². The molecule has 0 atom stereocenters. The third-order valence-electron chi connectivity index (χ3n) is 2.14. The molecule has 0 radical (unpaired) electrons. The summed E-state index contributed by atoms with van der Waals surface area (Å²) in [6, 6.07) is 10.8. The molecule has 1 nitrogen and oxygen atoms in total. The van der Waals surface area contributed by atoms with E-state index in [0.717, 1.165) is 5.56 Å². The van der Waals surface area contributed by atoms with Gasteiger partial charge in [0.1, 0.15) is 0 Å². The van der Waals surface area contributed by atoms with Crippen LogP contribution in [-0.4, -0.2) is 5.78 Å². The minimum atomic E-state index is -0.0678. The lowest BCUT2D eigenvalue weighted by Crippen LogP contribution is -1.88.